The van der Waals surface area contributed by atoms with Crippen LogP contribution in [0, 0.1) is 0 Å². The molecule has 0 N–H and O–H groups in total. The predicted octanol–water partition coefficient (Wildman–Crippen LogP) is 8.74. The van der Waals surface area contributed by atoms with Crippen LogP contribution in [0.15, 0.2) is 121 Å². The van der Waals surface area contributed by atoms with E-state index >= 15 is 0 Å². The first-order valence-electron chi connectivity index (χ1n) is 12.0. The second-order valence-electron chi connectivity index (χ2n) is 9.24. The molecule has 0 saturated carbocycles. The minimum atomic E-state index is 0.993. The molecule has 0 radical (unpaired) electrons. The second-order valence-corrected chi connectivity index (χ2v) is 9.24. The Morgan fingerprint density at radius 3 is 1.77 bits per heavy atom. The van der Waals surface area contributed by atoms with Crippen molar-refractivity contribution >= 4 is 54.1 Å². The molecule has 8 rings (SSSR count). The van der Waals surface area contributed by atoms with Crippen LogP contribution in [0.4, 0.5) is 0 Å². The molecular formula is C33H20N2. The van der Waals surface area contributed by atoms with Gasteiger partial charge in [0.05, 0.1) is 28.6 Å². The highest BCUT2D eigenvalue weighted by molar-refractivity contribution is 6.25. The van der Waals surface area contributed by atoms with Gasteiger partial charge in [0.1, 0.15) is 0 Å². The van der Waals surface area contributed by atoms with Gasteiger partial charge in [-0.3, -0.25) is 4.98 Å². The summed E-state index contributed by atoms with van der Waals surface area (Å²) in [4.78, 5) is 4.98. The van der Waals surface area contributed by atoms with Crippen molar-refractivity contribution in [2.45, 2.75) is 0 Å². The second kappa shape index (κ2) is 6.91. The standard InChI is InChI=1S/C33H20N2/c1-3-10-30-26(8-1)27-9-2-4-11-31(27)35(30)24-16-19-29(34-20-24)25-17-14-23-13-12-21-6-5-7-22-15-18-28(25)33(23)32(21)22/h1-20H. The number of para-hydroxylation sites is 2. The van der Waals surface area contributed by atoms with Crippen molar-refractivity contribution < 1.29 is 0 Å². The summed E-state index contributed by atoms with van der Waals surface area (Å²) >= 11 is 0. The summed E-state index contributed by atoms with van der Waals surface area (Å²) in [7, 11) is 0. The highest BCUT2D eigenvalue weighted by atomic mass is 15.0. The Kier molecular flexibility index (Phi) is 3.69. The Morgan fingerprint density at radius 1 is 0.457 bits per heavy atom. The zero-order valence-electron chi connectivity index (χ0n) is 18.9. The SMILES string of the molecule is c1cc2ccc3ccc(-c4ccc(-n5c6ccccc6c6ccccc65)cn4)c4ccc(c1)c2c34. The van der Waals surface area contributed by atoms with Gasteiger partial charge in [0.25, 0.3) is 0 Å². The maximum absolute atomic E-state index is 4.98. The van der Waals surface area contributed by atoms with E-state index in [0.29, 0.717) is 0 Å². The van der Waals surface area contributed by atoms with Crippen LogP contribution in [-0.2, 0) is 0 Å². The van der Waals surface area contributed by atoms with Gasteiger partial charge in [-0.1, -0.05) is 91.0 Å². The van der Waals surface area contributed by atoms with Crippen LogP contribution in [0.1, 0.15) is 0 Å². The fourth-order valence-electron chi connectivity index (χ4n) is 5.84. The molecule has 8 aromatic rings. The van der Waals surface area contributed by atoms with E-state index in [4.69, 9.17) is 4.98 Å². The first kappa shape index (κ1) is 18.7. The van der Waals surface area contributed by atoms with Gasteiger partial charge in [-0.25, -0.2) is 0 Å². The van der Waals surface area contributed by atoms with Gasteiger partial charge in [-0.05, 0) is 56.6 Å². The molecule has 0 aliphatic carbocycles. The third-order valence-corrected chi connectivity index (χ3v) is 7.39. The molecule has 0 atom stereocenters. The lowest BCUT2D eigenvalue weighted by atomic mass is 9.91. The number of pyridine rings is 1. The lowest BCUT2D eigenvalue weighted by Crippen LogP contribution is -1.95. The van der Waals surface area contributed by atoms with Crippen LogP contribution in [-0.4, -0.2) is 9.55 Å². The molecule has 0 aliphatic heterocycles. The van der Waals surface area contributed by atoms with E-state index in [1.54, 1.807) is 0 Å². The lowest BCUT2D eigenvalue weighted by Gasteiger charge is -2.14. The summed E-state index contributed by atoms with van der Waals surface area (Å²) in [6.45, 7) is 0. The predicted molar refractivity (Wildman–Crippen MR) is 148 cm³/mol. The molecule has 2 heteroatoms. The summed E-state index contributed by atoms with van der Waals surface area (Å²) in [5, 5.41) is 10.3. The lowest BCUT2D eigenvalue weighted by molar-refractivity contribution is 1.14. The number of hydrogen-bond donors (Lipinski definition) is 0. The zero-order chi connectivity index (χ0) is 22.9. The minimum Gasteiger partial charge on any atom is -0.308 e. The molecule has 6 aromatic carbocycles. The third-order valence-electron chi connectivity index (χ3n) is 7.39. The number of nitrogens with zero attached hydrogens (tertiary/aromatic N) is 2. The van der Waals surface area contributed by atoms with Crippen LogP contribution < -0.4 is 0 Å². The van der Waals surface area contributed by atoms with Crippen molar-refractivity contribution in [3.63, 3.8) is 0 Å². The van der Waals surface area contributed by atoms with Crippen molar-refractivity contribution in [1.82, 2.24) is 9.55 Å². The van der Waals surface area contributed by atoms with E-state index < -0.39 is 0 Å². The summed E-state index contributed by atoms with van der Waals surface area (Å²) in [6.07, 6.45) is 2.01. The van der Waals surface area contributed by atoms with E-state index in [1.807, 2.05) is 6.20 Å². The Hall–Kier alpha value is -4.69. The molecule has 2 aromatic heterocycles. The molecule has 2 heterocycles. The summed E-state index contributed by atoms with van der Waals surface area (Å²) in [5.41, 5.74) is 5.64. The highest BCUT2D eigenvalue weighted by Crippen LogP contribution is 2.39. The van der Waals surface area contributed by atoms with E-state index in [9.17, 15) is 0 Å². The molecule has 0 amide bonds. The van der Waals surface area contributed by atoms with Crippen molar-refractivity contribution in [3.05, 3.63) is 121 Å². The van der Waals surface area contributed by atoms with E-state index in [1.165, 1.54) is 59.7 Å². The number of fused-ring (bicyclic) bond motifs is 3. The molecule has 162 valence electrons. The molecule has 0 aliphatic rings. The van der Waals surface area contributed by atoms with Gasteiger partial charge in [0.15, 0.2) is 0 Å². The number of hydrogen-bond acceptors (Lipinski definition) is 1. The van der Waals surface area contributed by atoms with Crippen molar-refractivity contribution in [2.75, 3.05) is 0 Å². The van der Waals surface area contributed by atoms with Gasteiger partial charge in [0.2, 0.25) is 0 Å². The first-order valence-corrected chi connectivity index (χ1v) is 12.0. The number of aromatic nitrogens is 2. The largest absolute Gasteiger partial charge is 0.308 e. The number of rotatable bonds is 2. The molecule has 2 nitrogen and oxygen atoms in total. The molecular weight excluding hydrogens is 424 g/mol. The monoisotopic (exact) mass is 444 g/mol. The molecule has 0 fully saturated rings. The number of benzene rings is 6. The van der Waals surface area contributed by atoms with Gasteiger partial charge in [0, 0.05) is 16.3 Å². The maximum Gasteiger partial charge on any atom is 0.0709 e. The smallest absolute Gasteiger partial charge is 0.0709 e. The molecule has 0 bridgehead atoms. The average molecular weight is 445 g/mol. The topological polar surface area (TPSA) is 17.8 Å². The van der Waals surface area contributed by atoms with Crippen LogP contribution >= 0.6 is 0 Å². The zero-order valence-corrected chi connectivity index (χ0v) is 18.9. The fourth-order valence-corrected chi connectivity index (χ4v) is 5.84. The van der Waals surface area contributed by atoms with Crippen molar-refractivity contribution in [1.29, 1.82) is 0 Å². The van der Waals surface area contributed by atoms with Crippen molar-refractivity contribution in [3.8, 4) is 16.9 Å². The van der Waals surface area contributed by atoms with Gasteiger partial charge >= 0.3 is 0 Å². The molecule has 0 spiro atoms. The van der Waals surface area contributed by atoms with Crippen LogP contribution in [0.25, 0.3) is 71.1 Å². The fraction of sp³-hybridized carbons (Fsp3) is 0. The van der Waals surface area contributed by atoms with E-state index in [-0.39, 0.29) is 0 Å². The quantitative estimate of drug-likeness (QED) is 0.244. The summed E-state index contributed by atoms with van der Waals surface area (Å²) in [5.74, 6) is 0. The molecule has 0 saturated heterocycles. The Balaban J connectivity index is 1.34. The Morgan fingerprint density at radius 2 is 1.09 bits per heavy atom. The average Bonchev–Trinajstić information content (AvgIpc) is 3.26. The van der Waals surface area contributed by atoms with Gasteiger partial charge in [-0.15, -0.1) is 0 Å². The maximum atomic E-state index is 4.98. The van der Waals surface area contributed by atoms with E-state index in [0.717, 1.165) is 11.4 Å². The summed E-state index contributed by atoms with van der Waals surface area (Å²) < 4.78 is 2.31. The van der Waals surface area contributed by atoms with Gasteiger partial charge < -0.3 is 4.57 Å². The normalized spacial score (nSPS) is 12.0. The van der Waals surface area contributed by atoms with Crippen LogP contribution in [0.3, 0.4) is 0 Å². The van der Waals surface area contributed by atoms with Crippen molar-refractivity contribution in [2.24, 2.45) is 0 Å². The Bertz CT molecular complexity index is 1980. The van der Waals surface area contributed by atoms with Gasteiger partial charge in [-0.2, -0.15) is 0 Å². The Labute approximate surface area is 202 Å². The van der Waals surface area contributed by atoms with E-state index in [2.05, 4.69) is 120 Å². The van der Waals surface area contributed by atoms with Crippen LogP contribution in [0.2, 0.25) is 0 Å². The molecule has 0 unspecified atom stereocenters. The van der Waals surface area contributed by atoms with Crippen LogP contribution in [0.5, 0.6) is 0 Å². The first-order chi connectivity index (χ1) is 17.4. The molecule has 35 heavy (non-hydrogen) atoms. The third kappa shape index (κ3) is 2.57. The highest BCUT2D eigenvalue weighted by Gasteiger charge is 2.14. The summed E-state index contributed by atoms with van der Waals surface area (Å²) in [6, 6.07) is 41.4. The minimum absolute atomic E-state index is 0.993.